The average Bonchev–Trinajstić information content (AvgIpc) is 3.29. The molecule has 7 nitrogen and oxygen atoms in total. The summed E-state index contributed by atoms with van der Waals surface area (Å²) >= 11 is 0. The summed E-state index contributed by atoms with van der Waals surface area (Å²) < 4.78 is 5.78. The minimum Gasteiger partial charge on any atom is -0.441 e. The van der Waals surface area contributed by atoms with Crippen LogP contribution in [0.4, 0.5) is 4.79 Å². The van der Waals surface area contributed by atoms with E-state index in [-0.39, 0.29) is 12.0 Å². The van der Waals surface area contributed by atoms with Gasteiger partial charge in [-0.25, -0.2) is 9.78 Å². The molecule has 1 N–H and O–H groups in total. The van der Waals surface area contributed by atoms with Gasteiger partial charge in [-0.05, 0) is 24.6 Å². The van der Waals surface area contributed by atoms with Crippen molar-refractivity contribution in [3.05, 3.63) is 30.1 Å². The summed E-state index contributed by atoms with van der Waals surface area (Å²) in [6, 6.07) is 5.53. The van der Waals surface area contributed by atoms with Crippen molar-refractivity contribution in [1.82, 2.24) is 19.8 Å². The van der Waals surface area contributed by atoms with Crippen LogP contribution in [0, 0.1) is 0 Å². The number of likely N-dealkylation sites (tertiary alicyclic amines) is 1. The highest BCUT2D eigenvalue weighted by atomic mass is 16.6. The van der Waals surface area contributed by atoms with Crippen LogP contribution in [-0.4, -0.2) is 63.5 Å². The Morgan fingerprint density at radius 1 is 1.25 bits per heavy atom. The second kappa shape index (κ2) is 7.81. The lowest BCUT2D eigenvalue weighted by atomic mass is 9.91. The second-order valence-corrected chi connectivity index (χ2v) is 7.96. The first-order chi connectivity index (χ1) is 13.6. The van der Waals surface area contributed by atoms with Crippen LogP contribution < -0.4 is 0 Å². The number of nitrogens with one attached hydrogen (secondary N) is 1. The van der Waals surface area contributed by atoms with E-state index < -0.39 is 5.60 Å². The topological polar surface area (TPSA) is 78.5 Å². The van der Waals surface area contributed by atoms with Gasteiger partial charge in [0, 0.05) is 38.0 Å². The Bertz CT molecular complexity index is 854. The number of rotatable bonds is 6. The van der Waals surface area contributed by atoms with Gasteiger partial charge in [0.05, 0.1) is 23.9 Å². The molecule has 150 valence electrons. The van der Waals surface area contributed by atoms with Crippen molar-refractivity contribution < 1.29 is 14.3 Å². The van der Waals surface area contributed by atoms with E-state index in [0.717, 1.165) is 30.4 Å². The highest BCUT2D eigenvalue weighted by Gasteiger charge is 2.47. The minimum absolute atomic E-state index is 0.0205. The van der Waals surface area contributed by atoms with Crippen LogP contribution in [0.2, 0.25) is 0 Å². The number of H-pyrrole nitrogens is 1. The van der Waals surface area contributed by atoms with E-state index in [9.17, 15) is 9.59 Å². The molecule has 7 heteroatoms. The smallest absolute Gasteiger partial charge is 0.410 e. The van der Waals surface area contributed by atoms with Gasteiger partial charge in [-0.2, -0.15) is 0 Å². The quantitative estimate of drug-likeness (QED) is 0.772. The molecule has 0 radical (unpaired) electrons. The second-order valence-electron chi connectivity index (χ2n) is 7.96. The van der Waals surface area contributed by atoms with Gasteiger partial charge in [0.2, 0.25) is 0 Å². The number of carbonyl (C=O) groups excluding carboxylic acids is 2. The first-order valence-corrected chi connectivity index (χ1v) is 10.3. The third-order valence-electron chi connectivity index (χ3n) is 5.95. The zero-order valence-corrected chi connectivity index (χ0v) is 16.4. The first-order valence-electron chi connectivity index (χ1n) is 10.3. The summed E-state index contributed by atoms with van der Waals surface area (Å²) in [5.41, 5.74) is 1.95. The van der Waals surface area contributed by atoms with Crippen LogP contribution in [0.1, 0.15) is 55.8 Å². The molecule has 0 bridgehead atoms. The molecule has 2 amide bonds. The minimum atomic E-state index is -0.425. The van der Waals surface area contributed by atoms with Crippen LogP contribution in [0.5, 0.6) is 0 Å². The summed E-state index contributed by atoms with van der Waals surface area (Å²) in [4.78, 5) is 36.1. The summed E-state index contributed by atoms with van der Waals surface area (Å²) in [7, 11) is 0. The van der Waals surface area contributed by atoms with Gasteiger partial charge in [-0.15, -0.1) is 0 Å². The molecule has 2 aliphatic rings. The van der Waals surface area contributed by atoms with Gasteiger partial charge in [0.1, 0.15) is 5.60 Å². The maximum absolute atomic E-state index is 12.9. The number of piperidine rings is 1. The lowest BCUT2D eigenvalue weighted by Gasteiger charge is -2.37. The molecule has 2 aromatic rings. The van der Waals surface area contributed by atoms with Crippen molar-refractivity contribution in [3.8, 4) is 0 Å². The molecule has 0 atom stereocenters. The molecule has 0 aliphatic carbocycles. The maximum Gasteiger partial charge on any atom is 0.410 e. The van der Waals surface area contributed by atoms with Crippen molar-refractivity contribution in [1.29, 1.82) is 0 Å². The largest absolute Gasteiger partial charge is 0.441 e. The number of hydrogen-bond donors (Lipinski definition) is 1. The lowest BCUT2D eigenvalue weighted by molar-refractivity contribution is 0.00314. The zero-order chi connectivity index (χ0) is 19.6. The van der Waals surface area contributed by atoms with Gasteiger partial charge < -0.3 is 19.5 Å². The molecule has 1 aromatic carbocycles. The third-order valence-corrected chi connectivity index (χ3v) is 5.95. The van der Waals surface area contributed by atoms with Crippen LogP contribution in [0.25, 0.3) is 11.0 Å². The van der Waals surface area contributed by atoms with Crippen molar-refractivity contribution in [2.75, 3.05) is 26.2 Å². The zero-order valence-electron chi connectivity index (χ0n) is 16.4. The molecule has 4 rings (SSSR count). The van der Waals surface area contributed by atoms with Gasteiger partial charge in [0.15, 0.2) is 0 Å². The predicted molar refractivity (Wildman–Crippen MR) is 106 cm³/mol. The van der Waals surface area contributed by atoms with Crippen LogP contribution in [0.15, 0.2) is 24.5 Å². The number of fused-ring (bicyclic) bond motifs is 1. The summed E-state index contributed by atoms with van der Waals surface area (Å²) in [5.74, 6) is 0.0205. The number of nitrogens with zero attached hydrogens (tertiary/aromatic N) is 3. The number of benzene rings is 1. The number of ether oxygens (including phenoxy) is 1. The number of unbranched alkanes of at least 4 members (excludes halogenated alkanes) is 3. The fourth-order valence-corrected chi connectivity index (χ4v) is 4.22. The number of hydrogen-bond acceptors (Lipinski definition) is 4. The molecule has 2 saturated heterocycles. The van der Waals surface area contributed by atoms with Gasteiger partial charge >= 0.3 is 6.09 Å². The van der Waals surface area contributed by atoms with Crippen molar-refractivity contribution >= 4 is 23.0 Å². The highest BCUT2D eigenvalue weighted by molar-refractivity contribution is 5.97. The Morgan fingerprint density at radius 3 is 2.86 bits per heavy atom. The van der Waals surface area contributed by atoms with E-state index in [1.807, 2.05) is 28.0 Å². The van der Waals surface area contributed by atoms with E-state index in [1.165, 1.54) is 12.8 Å². The van der Waals surface area contributed by atoms with Crippen molar-refractivity contribution in [2.24, 2.45) is 0 Å². The monoisotopic (exact) mass is 384 g/mol. The fourth-order valence-electron chi connectivity index (χ4n) is 4.22. The predicted octanol–water partition coefficient (Wildman–Crippen LogP) is 3.57. The average molecular weight is 384 g/mol. The Labute approximate surface area is 165 Å². The van der Waals surface area contributed by atoms with Crippen LogP contribution in [0.3, 0.4) is 0 Å². The molecule has 2 fully saturated rings. The van der Waals surface area contributed by atoms with Gasteiger partial charge in [-0.3, -0.25) is 4.79 Å². The fraction of sp³-hybridized carbons (Fsp3) is 0.571. The van der Waals surface area contributed by atoms with Crippen molar-refractivity contribution in [3.63, 3.8) is 0 Å². The standard InChI is InChI=1S/C21H28N4O3/c1-2-3-4-5-10-25-14-21(28-20(25)27)8-11-24(12-9-21)19(26)16-6-7-17-18(13-16)23-15-22-17/h6-7,13,15H,2-5,8-12,14H2,1H3,(H,22,23). The normalized spacial score (nSPS) is 18.8. The Morgan fingerprint density at radius 2 is 2.07 bits per heavy atom. The highest BCUT2D eigenvalue weighted by Crippen LogP contribution is 2.34. The molecule has 2 aliphatic heterocycles. The van der Waals surface area contributed by atoms with E-state index in [0.29, 0.717) is 38.0 Å². The molecule has 28 heavy (non-hydrogen) atoms. The summed E-state index contributed by atoms with van der Waals surface area (Å²) in [5, 5.41) is 0. The summed E-state index contributed by atoms with van der Waals surface area (Å²) in [6.07, 6.45) is 7.40. The van der Waals surface area contributed by atoms with E-state index in [2.05, 4.69) is 16.9 Å². The molecular weight excluding hydrogens is 356 g/mol. The SMILES string of the molecule is CCCCCCN1CC2(CCN(C(=O)c3ccc4nc[nH]c4c3)CC2)OC1=O. The Kier molecular flexibility index (Phi) is 5.24. The number of amides is 2. The first kappa shape index (κ1) is 18.8. The molecule has 3 heterocycles. The number of imidazole rings is 1. The number of aromatic amines is 1. The van der Waals surface area contributed by atoms with Crippen LogP contribution >= 0.6 is 0 Å². The molecule has 0 unspecified atom stereocenters. The van der Waals surface area contributed by atoms with Crippen molar-refractivity contribution in [2.45, 2.75) is 51.0 Å². The van der Waals surface area contributed by atoms with Gasteiger partial charge in [-0.1, -0.05) is 26.2 Å². The number of carbonyl (C=O) groups is 2. The molecular formula is C21H28N4O3. The molecule has 1 aromatic heterocycles. The summed E-state index contributed by atoms with van der Waals surface area (Å²) in [6.45, 7) is 4.82. The number of aromatic nitrogens is 2. The molecule has 1 spiro atoms. The van der Waals surface area contributed by atoms with E-state index in [1.54, 1.807) is 6.33 Å². The lowest BCUT2D eigenvalue weighted by Crippen LogP contribution is -2.48. The van der Waals surface area contributed by atoms with E-state index in [4.69, 9.17) is 4.74 Å². The third kappa shape index (κ3) is 3.70. The molecule has 0 saturated carbocycles. The van der Waals surface area contributed by atoms with Gasteiger partial charge in [0.25, 0.3) is 5.91 Å². The Balaban J connectivity index is 1.33. The maximum atomic E-state index is 12.9. The van der Waals surface area contributed by atoms with E-state index >= 15 is 0 Å². The van der Waals surface area contributed by atoms with Crippen LogP contribution in [-0.2, 0) is 4.74 Å². The Hall–Kier alpha value is -2.57.